The fourth-order valence-corrected chi connectivity index (χ4v) is 3.55. The Bertz CT molecular complexity index is 408. The van der Waals surface area contributed by atoms with Gasteiger partial charge < -0.3 is 10.2 Å². The van der Waals surface area contributed by atoms with E-state index in [0.29, 0.717) is 30.3 Å². The number of hydrogen-bond acceptors (Lipinski definition) is 2. The number of fused-ring (bicyclic) bond motifs is 1. The molecule has 4 atom stereocenters. The molecule has 0 amide bonds. The summed E-state index contributed by atoms with van der Waals surface area (Å²) in [4.78, 5) is 11.4. The number of hydrogen-bond donors (Lipinski definition) is 2. The summed E-state index contributed by atoms with van der Waals surface area (Å²) in [5, 5.41) is 19.5. The quantitative estimate of drug-likeness (QED) is 0.741. The second-order valence-electron chi connectivity index (χ2n) is 5.89. The molecular formula is C15H22O3. The summed E-state index contributed by atoms with van der Waals surface area (Å²) in [5.41, 5.74) is 2.40. The third-order valence-electron chi connectivity index (χ3n) is 4.63. The van der Waals surface area contributed by atoms with Crippen molar-refractivity contribution in [1.82, 2.24) is 0 Å². The lowest BCUT2D eigenvalue weighted by Gasteiger charge is -2.21. The van der Waals surface area contributed by atoms with Crippen molar-refractivity contribution in [2.24, 2.45) is 17.8 Å². The van der Waals surface area contributed by atoms with E-state index in [2.05, 4.69) is 13.5 Å². The van der Waals surface area contributed by atoms with E-state index >= 15 is 0 Å². The van der Waals surface area contributed by atoms with Crippen LogP contribution in [0, 0.1) is 17.8 Å². The van der Waals surface area contributed by atoms with E-state index in [1.54, 1.807) is 0 Å². The zero-order valence-electron chi connectivity index (χ0n) is 11.1. The first-order chi connectivity index (χ1) is 8.41. The van der Waals surface area contributed by atoms with Crippen LogP contribution in [0.5, 0.6) is 0 Å². The highest BCUT2D eigenvalue weighted by atomic mass is 16.4. The van der Waals surface area contributed by atoms with Crippen molar-refractivity contribution in [1.29, 1.82) is 0 Å². The molecule has 1 saturated carbocycles. The normalized spacial score (nSPS) is 36.2. The van der Waals surface area contributed by atoms with E-state index in [1.165, 1.54) is 0 Å². The summed E-state index contributed by atoms with van der Waals surface area (Å²) >= 11 is 0. The van der Waals surface area contributed by atoms with Gasteiger partial charge in [-0.2, -0.15) is 0 Å². The molecule has 0 bridgehead atoms. The van der Waals surface area contributed by atoms with E-state index in [-0.39, 0.29) is 5.92 Å². The van der Waals surface area contributed by atoms with Gasteiger partial charge in [-0.05, 0) is 55.9 Å². The average Bonchev–Trinajstić information content (AvgIpc) is 2.50. The molecule has 0 aromatic carbocycles. The van der Waals surface area contributed by atoms with Crippen LogP contribution in [0.15, 0.2) is 23.3 Å². The molecule has 2 N–H and O–H groups in total. The fraction of sp³-hybridized carbons (Fsp3) is 0.667. The lowest BCUT2D eigenvalue weighted by atomic mass is 9.83. The first-order valence-electron chi connectivity index (χ1n) is 6.71. The fourth-order valence-electron chi connectivity index (χ4n) is 3.55. The Morgan fingerprint density at radius 2 is 2.06 bits per heavy atom. The Morgan fingerprint density at radius 1 is 1.39 bits per heavy atom. The second kappa shape index (κ2) is 4.88. The van der Waals surface area contributed by atoms with Crippen LogP contribution in [0.1, 0.15) is 39.5 Å². The smallest absolute Gasteiger partial charge is 0.331 e. The van der Waals surface area contributed by atoms with Gasteiger partial charge in [0.05, 0.1) is 6.10 Å². The van der Waals surface area contributed by atoms with Gasteiger partial charge in [-0.3, -0.25) is 0 Å². The number of allylic oxidation sites excluding steroid dienone is 1. The molecule has 0 aromatic rings. The van der Waals surface area contributed by atoms with Gasteiger partial charge in [-0.25, -0.2) is 4.79 Å². The van der Waals surface area contributed by atoms with Crippen LogP contribution in [0.2, 0.25) is 0 Å². The molecule has 18 heavy (non-hydrogen) atoms. The minimum atomic E-state index is -0.856. The molecule has 3 nitrogen and oxygen atoms in total. The van der Waals surface area contributed by atoms with Crippen LogP contribution in [0.25, 0.3) is 0 Å². The standard InChI is InChI=1S/C15H22O3/c1-8(2)10-4-5-11(15(17)18)14-12(7-10)9(3)6-13(14)16/h9-10,12-13,16H,1,4-7H2,2-3H3,(H,17,18). The molecule has 100 valence electrons. The number of carboxylic acids is 1. The van der Waals surface area contributed by atoms with Crippen LogP contribution >= 0.6 is 0 Å². The van der Waals surface area contributed by atoms with Crippen molar-refractivity contribution in [3.05, 3.63) is 23.3 Å². The maximum Gasteiger partial charge on any atom is 0.331 e. The van der Waals surface area contributed by atoms with Gasteiger partial charge >= 0.3 is 5.97 Å². The molecule has 0 aliphatic heterocycles. The van der Waals surface area contributed by atoms with Crippen LogP contribution in [-0.2, 0) is 4.79 Å². The maximum atomic E-state index is 11.4. The molecule has 3 heteroatoms. The van der Waals surface area contributed by atoms with Gasteiger partial charge in [0.15, 0.2) is 0 Å². The van der Waals surface area contributed by atoms with E-state index in [4.69, 9.17) is 0 Å². The first-order valence-corrected chi connectivity index (χ1v) is 6.71. The van der Waals surface area contributed by atoms with Crippen molar-refractivity contribution >= 4 is 5.97 Å². The summed E-state index contributed by atoms with van der Waals surface area (Å²) in [5.74, 6) is 0.111. The zero-order chi connectivity index (χ0) is 13.4. The summed E-state index contributed by atoms with van der Waals surface area (Å²) < 4.78 is 0. The molecule has 0 aromatic heterocycles. The predicted molar refractivity (Wildman–Crippen MR) is 70.1 cm³/mol. The lowest BCUT2D eigenvalue weighted by molar-refractivity contribution is -0.133. The molecule has 0 radical (unpaired) electrons. The van der Waals surface area contributed by atoms with Gasteiger partial charge in [0.1, 0.15) is 0 Å². The topological polar surface area (TPSA) is 57.5 Å². The van der Waals surface area contributed by atoms with Gasteiger partial charge in [-0.15, -0.1) is 0 Å². The number of aliphatic hydroxyl groups excluding tert-OH is 1. The van der Waals surface area contributed by atoms with Crippen molar-refractivity contribution in [3.8, 4) is 0 Å². The van der Waals surface area contributed by atoms with E-state index in [0.717, 1.165) is 24.0 Å². The highest BCUT2D eigenvalue weighted by Crippen LogP contribution is 2.46. The van der Waals surface area contributed by atoms with Crippen LogP contribution < -0.4 is 0 Å². The van der Waals surface area contributed by atoms with Crippen molar-refractivity contribution < 1.29 is 15.0 Å². The number of aliphatic hydroxyl groups is 1. The van der Waals surface area contributed by atoms with Crippen molar-refractivity contribution in [2.45, 2.75) is 45.6 Å². The lowest BCUT2D eigenvalue weighted by Crippen LogP contribution is -2.15. The Labute approximate surface area is 108 Å². The van der Waals surface area contributed by atoms with E-state index < -0.39 is 12.1 Å². The monoisotopic (exact) mass is 250 g/mol. The van der Waals surface area contributed by atoms with Gasteiger partial charge in [0.25, 0.3) is 0 Å². The highest BCUT2D eigenvalue weighted by Gasteiger charge is 2.41. The predicted octanol–water partition coefficient (Wildman–Crippen LogP) is 2.76. The number of carbonyl (C=O) groups is 1. The Hall–Kier alpha value is -1.09. The highest BCUT2D eigenvalue weighted by molar-refractivity contribution is 5.88. The molecule has 1 fully saturated rings. The van der Waals surface area contributed by atoms with Gasteiger partial charge in [0.2, 0.25) is 0 Å². The first kappa shape index (κ1) is 13.3. The number of carboxylic acid groups (broad SMARTS) is 1. The van der Waals surface area contributed by atoms with Crippen molar-refractivity contribution in [2.75, 3.05) is 0 Å². The largest absolute Gasteiger partial charge is 0.478 e. The van der Waals surface area contributed by atoms with Gasteiger partial charge in [0, 0.05) is 5.57 Å². The average molecular weight is 250 g/mol. The van der Waals surface area contributed by atoms with Crippen LogP contribution in [0.3, 0.4) is 0 Å². The molecule has 0 heterocycles. The van der Waals surface area contributed by atoms with Crippen LogP contribution in [0.4, 0.5) is 0 Å². The minimum Gasteiger partial charge on any atom is -0.478 e. The maximum absolute atomic E-state index is 11.4. The SMILES string of the molecule is C=C(C)C1CCC(C(=O)O)=C2C(O)CC(C)C2C1. The third kappa shape index (κ3) is 2.24. The molecule has 2 aliphatic carbocycles. The zero-order valence-corrected chi connectivity index (χ0v) is 11.1. The molecule has 0 saturated heterocycles. The van der Waals surface area contributed by atoms with E-state index in [1.807, 2.05) is 6.92 Å². The summed E-state index contributed by atoms with van der Waals surface area (Å²) in [7, 11) is 0. The van der Waals surface area contributed by atoms with Crippen LogP contribution in [-0.4, -0.2) is 22.3 Å². The summed E-state index contributed by atoms with van der Waals surface area (Å²) in [6.45, 7) is 8.15. The summed E-state index contributed by atoms with van der Waals surface area (Å²) in [6, 6.07) is 0. The second-order valence-corrected chi connectivity index (χ2v) is 5.89. The Morgan fingerprint density at radius 3 is 2.61 bits per heavy atom. The third-order valence-corrected chi connectivity index (χ3v) is 4.63. The Kier molecular flexibility index (Phi) is 3.62. The number of rotatable bonds is 2. The van der Waals surface area contributed by atoms with E-state index in [9.17, 15) is 15.0 Å². The van der Waals surface area contributed by atoms with Crippen molar-refractivity contribution in [3.63, 3.8) is 0 Å². The summed E-state index contributed by atoms with van der Waals surface area (Å²) in [6.07, 6.45) is 2.48. The Balaban J connectivity index is 2.39. The minimum absolute atomic E-state index is 0.218. The molecule has 2 rings (SSSR count). The molecule has 2 aliphatic rings. The molecule has 0 spiro atoms. The number of aliphatic carboxylic acids is 1. The van der Waals surface area contributed by atoms with Gasteiger partial charge in [-0.1, -0.05) is 19.1 Å². The molecular weight excluding hydrogens is 228 g/mol. The molecule has 4 unspecified atom stereocenters.